The molecule has 0 saturated carbocycles. The molecule has 0 aromatic heterocycles. The van der Waals surface area contributed by atoms with Crippen molar-refractivity contribution >= 4 is 17.4 Å². The summed E-state index contributed by atoms with van der Waals surface area (Å²) >= 11 is 0. The Labute approximate surface area is 116 Å². The van der Waals surface area contributed by atoms with E-state index in [0.717, 1.165) is 5.56 Å². The second-order valence-corrected chi connectivity index (χ2v) is 4.57. The van der Waals surface area contributed by atoms with E-state index >= 15 is 0 Å². The van der Waals surface area contributed by atoms with Gasteiger partial charge in [-0.05, 0) is 44.2 Å². The summed E-state index contributed by atoms with van der Waals surface area (Å²) in [6, 6.07) is 10.9. The average Bonchev–Trinajstić information content (AvgIpc) is 2.41. The molecule has 0 radical (unpaired) electrons. The highest BCUT2D eigenvalue weighted by Crippen LogP contribution is 2.18. The molecule has 1 N–H and O–H groups in total. The smallest absolute Gasteiger partial charge is 0.255 e. The second-order valence-electron chi connectivity index (χ2n) is 4.57. The largest absolute Gasteiger partial charge is 0.319 e. The molecule has 102 valence electrons. The van der Waals surface area contributed by atoms with E-state index in [1.165, 1.54) is 25.1 Å². The highest BCUT2D eigenvalue weighted by molar-refractivity contribution is 6.05. The van der Waals surface area contributed by atoms with Crippen LogP contribution in [0.5, 0.6) is 0 Å². The van der Waals surface area contributed by atoms with Crippen LogP contribution in [0.15, 0.2) is 42.5 Å². The lowest BCUT2D eigenvalue weighted by molar-refractivity contribution is 0.101. The highest BCUT2D eigenvalue weighted by Gasteiger charge is 2.11. The molecule has 0 fully saturated rings. The van der Waals surface area contributed by atoms with Crippen LogP contribution in [0.1, 0.15) is 33.2 Å². The maximum atomic E-state index is 13.7. The fraction of sp³-hybridized carbons (Fsp3) is 0.125. The van der Waals surface area contributed by atoms with E-state index in [1.807, 2.05) is 13.0 Å². The molecular weight excluding hydrogens is 257 g/mol. The number of hydrogen-bond donors (Lipinski definition) is 1. The Kier molecular flexibility index (Phi) is 3.94. The Morgan fingerprint density at radius 3 is 2.45 bits per heavy atom. The summed E-state index contributed by atoms with van der Waals surface area (Å²) < 4.78 is 13.7. The van der Waals surface area contributed by atoms with Crippen molar-refractivity contribution in [1.82, 2.24) is 0 Å². The fourth-order valence-electron chi connectivity index (χ4n) is 1.82. The molecule has 0 saturated heterocycles. The van der Waals surface area contributed by atoms with Crippen molar-refractivity contribution in [2.75, 3.05) is 5.32 Å². The third kappa shape index (κ3) is 3.09. The van der Waals surface area contributed by atoms with E-state index < -0.39 is 11.7 Å². The van der Waals surface area contributed by atoms with E-state index in [0.29, 0.717) is 11.1 Å². The van der Waals surface area contributed by atoms with E-state index in [4.69, 9.17) is 0 Å². The number of benzene rings is 2. The molecule has 0 heterocycles. The van der Waals surface area contributed by atoms with Gasteiger partial charge in [-0.2, -0.15) is 0 Å². The minimum atomic E-state index is -0.573. The summed E-state index contributed by atoms with van der Waals surface area (Å²) in [6.45, 7) is 3.26. The quantitative estimate of drug-likeness (QED) is 0.867. The molecule has 0 spiro atoms. The van der Waals surface area contributed by atoms with Gasteiger partial charge >= 0.3 is 0 Å². The van der Waals surface area contributed by atoms with Gasteiger partial charge < -0.3 is 5.32 Å². The maximum absolute atomic E-state index is 13.7. The van der Waals surface area contributed by atoms with Crippen molar-refractivity contribution in [1.29, 1.82) is 0 Å². The molecular formula is C16H14FNO2. The Morgan fingerprint density at radius 1 is 1.05 bits per heavy atom. The summed E-state index contributed by atoms with van der Waals surface area (Å²) in [7, 11) is 0. The summed E-state index contributed by atoms with van der Waals surface area (Å²) in [5.74, 6) is -1.17. The Bertz CT molecular complexity index is 680. The van der Waals surface area contributed by atoms with Gasteiger partial charge in [0.25, 0.3) is 5.91 Å². The van der Waals surface area contributed by atoms with Gasteiger partial charge in [0, 0.05) is 11.1 Å². The molecule has 3 nitrogen and oxygen atoms in total. The minimum absolute atomic E-state index is 0.00389. The zero-order valence-corrected chi connectivity index (χ0v) is 11.2. The number of ketones is 1. The first-order valence-electron chi connectivity index (χ1n) is 6.16. The fourth-order valence-corrected chi connectivity index (χ4v) is 1.82. The summed E-state index contributed by atoms with van der Waals surface area (Å²) in [5.41, 5.74) is 1.74. The molecule has 0 aliphatic carbocycles. The lowest BCUT2D eigenvalue weighted by Gasteiger charge is -2.08. The van der Waals surface area contributed by atoms with Crippen LogP contribution in [0, 0.1) is 12.7 Å². The summed E-state index contributed by atoms with van der Waals surface area (Å²) in [4.78, 5) is 23.3. The molecule has 1 amide bonds. The average molecular weight is 271 g/mol. The van der Waals surface area contributed by atoms with Gasteiger partial charge in [0.2, 0.25) is 0 Å². The third-order valence-electron chi connectivity index (χ3n) is 2.90. The van der Waals surface area contributed by atoms with Crippen LogP contribution in [-0.2, 0) is 0 Å². The van der Waals surface area contributed by atoms with Crippen LogP contribution in [0.2, 0.25) is 0 Å². The number of carbonyl (C=O) groups is 2. The van der Waals surface area contributed by atoms with Crippen LogP contribution < -0.4 is 5.32 Å². The molecule has 2 aromatic rings. The third-order valence-corrected chi connectivity index (χ3v) is 2.90. The topological polar surface area (TPSA) is 46.2 Å². The predicted molar refractivity (Wildman–Crippen MR) is 75.5 cm³/mol. The van der Waals surface area contributed by atoms with Crippen molar-refractivity contribution in [3.05, 3.63) is 65.0 Å². The number of nitrogens with one attached hydrogen (secondary N) is 1. The van der Waals surface area contributed by atoms with Crippen LogP contribution in [0.3, 0.4) is 0 Å². The van der Waals surface area contributed by atoms with Crippen molar-refractivity contribution in [3.63, 3.8) is 0 Å². The highest BCUT2D eigenvalue weighted by atomic mass is 19.1. The normalized spacial score (nSPS) is 10.2. The van der Waals surface area contributed by atoms with Crippen LogP contribution in [-0.4, -0.2) is 11.7 Å². The van der Waals surface area contributed by atoms with E-state index in [-0.39, 0.29) is 11.5 Å². The molecule has 4 heteroatoms. The van der Waals surface area contributed by atoms with Gasteiger partial charge in [0.05, 0.1) is 5.69 Å². The number of halogens is 1. The van der Waals surface area contributed by atoms with Gasteiger partial charge in [-0.25, -0.2) is 4.39 Å². The monoisotopic (exact) mass is 271 g/mol. The van der Waals surface area contributed by atoms with Crippen molar-refractivity contribution < 1.29 is 14.0 Å². The van der Waals surface area contributed by atoms with Crippen LogP contribution in [0.4, 0.5) is 10.1 Å². The molecule has 20 heavy (non-hydrogen) atoms. The standard InChI is InChI=1S/C16H14FNO2/c1-10-4-3-5-13(8-10)16(20)18-15-9-12(11(2)19)6-7-14(15)17/h3-9H,1-2H3,(H,18,20). The molecule has 0 bridgehead atoms. The first-order chi connectivity index (χ1) is 9.47. The van der Waals surface area contributed by atoms with Gasteiger partial charge in [-0.15, -0.1) is 0 Å². The number of amides is 1. The molecule has 0 atom stereocenters. The zero-order valence-electron chi connectivity index (χ0n) is 11.2. The predicted octanol–water partition coefficient (Wildman–Crippen LogP) is 3.59. The summed E-state index contributed by atoms with van der Waals surface area (Å²) in [5, 5.41) is 2.48. The van der Waals surface area contributed by atoms with Crippen molar-refractivity contribution in [2.45, 2.75) is 13.8 Å². The van der Waals surface area contributed by atoms with E-state index in [9.17, 15) is 14.0 Å². The van der Waals surface area contributed by atoms with E-state index in [1.54, 1.807) is 18.2 Å². The lowest BCUT2D eigenvalue weighted by Crippen LogP contribution is -2.13. The number of rotatable bonds is 3. The Hall–Kier alpha value is -2.49. The minimum Gasteiger partial charge on any atom is -0.319 e. The molecule has 0 aliphatic heterocycles. The number of anilines is 1. The lowest BCUT2D eigenvalue weighted by atomic mass is 10.1. The second kappa shape index (κ2) is 5.65. The van der Waals surface area contributed by atoms with Gasteiger partial charge in [-0.3, -0.25) is 9.59 Å². The SMILES string of the molecule is CC(=O)c1ccc(F)c(NC(=O)c2cccc(C)c2)c1. The first-order valence-corrected chi connectivity index (χ1v) is 6.16. The number of hydrogen-bond acceptors (Lipinski definition) is 2. The number of aryl methyl sites for hydroxylation is 1. The van der Waals surface area contributed by atoms with Crippen LogP contribution >= 0.6 is 0 Å². The van der Waals surface area contributed by atoms with Crippen LogP contribution in [0.25, 0.3) is 0 Å². The van der Waals surface area contributed by atoms with Crippen molar-refractivity contribution in [3.8, 4) is 0 Å². The summed E-state index contributed by atoms with van der Waals surface area (Å²) in [6.07, 6.45) is 0. The number of Topliss-reactive ketones (excluding diaryl/α,β-unsaturated/α-hetero) is 1. The number of carbonyl (C=O) groups excluding carboxylic acids is 2. The van der Waals surface area contributed by atoms with E-state index in [2.05, 4.69) is 5.32 Å². The molecule has 2 aromatic carbocycles. The zero-order chi connectivity index (χ0) is 14.7. The van der Waals surface area contributed by atoms with Gasteiger partial charge in [0.1, 0.15) is 5.82 Å². The van der Waals surface area contributed by atoms with Crippen molar-refractivity contribution in [2.24, 2.45) is 0 Å². The van der Waals surface area contributed by atoms with Gasteiger partial charge in [-0.1, -0.05) is 17.7 Å². The molecule has 0 unspecified atom stereocenters. The molecule has 0 aliphatic rings. The first kappa shape index (κ1) is 13.9. The Balaban J connectivity index is 2.27. The molecule has 2 rings (SSSR count). The maximum Gasteiger partial charge on any atom is 0.255 e. The Morgan fingerprint density at radius 2 is 1.80 bits per heavy atom. The van der Waals surface area contributed by atoms with Gasteiger partial charge in [0.15, 0.2) is 5.78 Å².